The largest absolute Gasteiger partial charge is 0.507 e. The fourth-order valence-electron chi connectivity index (χ4n) is 6.07. The molecule has 4 bridgehead atoms. The van der Waals surface area contributed by atoms with E-state index >= 15 is 0 Å². The number of aliphatic hydroxyl groups excluding tert-OH is 1. The Morgan fingerprint density at radius 2 is 2.03 bits per heavy atom. The number of ether oxygens (including phenoxy) is 1. The van der Waals surface area contributed by atoms with Crippen molar-refractivity contribution in [3.63, 3.8) is 0 Å². The summed E-state index contributed by atoms with van der Waals surface area (Å²) in [6.07, 6.45) is 5.39. The number of aliphatic hydroxyl groups is 1. The summed E-state index contributed by atoms with van der Waals surface area (Å²) in [6, 6.07) is 9.33. The Hall–Kier alpha value is -2.52. The molecule has 4 saturated carbocycles. The number of rotatable bonds is 4. The lowest BCUT2D eigenvalue weighted by molar-refractivity contribution is -0.169. The number of nitrogens with zero attached hydrogens (tertiary/aromatic N) is 2. The Morgan fingerprint density at radius 1 is 1.31 bits per heavy atom. The molecule has 4 aliphatic rings. The van der Waals surface area contributed by atoms with Crippen LogP contribution < -0.4 is 0 Å². The molecule has 6 nitrogen and oxygen atoms in total. The van der Waals surface area contributed by atoms with Crippen LogP contribution in [0.4, 0.5) is 0 Å². The summed E-state index contributed by atoms with van der Waals surface area (Å²) >= 11 is 6.80. The van der Waals surface area contributed by atoms with E-state index in [0.717, 1.165) is 37.6 Å². The molecule has 0 spiro atoms. The highest BCUT2D eigenvalue weighted by Gasteiger charge is 2.60. The van der Waals surface area contributed by atoms with Crippen LogP contribution >= 0.6 is 11.6 Å². The third-order valence-electron chi connectivity index (χ3n) is 6.79. The number of imidazole rings is 1. The van der Waals surface area contributed by atoms with E-state index in [1.807, 2.05) is 30.3 Å². The summed E-state index contributed by atoms with van der Waals surface area (Å²) in [4.78, 5) is 20.1. The minimum atomic E-state index is -0.543. The quantitative estimate of drug-likeness (QED) is 0.334. The van der Waals surface area contributed by atoms with Crippen LogP contribution in [0.1, 0.15) is 44.3 Å². The van der Waals surface area contributed by atoms with Crippen molar-refractivity contribution in [2.75, 3.05) is 6.61 Å². The number of carbonyl (C=O) groups is 1. The van der Waals surface area contributed by atoms with Gasteiger partial charge in [0.05, 0.1) is 16.4 Å². The summed E-state index contributed by atoms with van der Waals surface area (Å²) in [5.41, 5.74) is 0.897. The predicted molar refractivity (Wildman–Crippen MR) is 108 cm³/mol. The average Bonchev–Trinajstić information content (AvgIpc) is 3.08. The molecule has 0 aliphatic heterocycles. The normalized spacial score (nSPS) is 33.4. The lowest BCUT2D eigenvalue weighted by Crippen LogP contribution is -2.56. The van der Waals surface area contributed by atoms with Crippen LogP contribution in [0.25, 0.3) is 16.6 Å². The number of aromatic amines is 1. The lowest BCUT2D eigenvalue weighted by Gasteiger charge is -2.58. The van der Waals surface area contributed by atoms with Gasteiger partial charge in [-0.25, -0.2) is 4.98 Å². The minimum Gasteiger partial charge on any atom is -0.507 e. The van der Waals surface area contributed by atoms with Crippen molar-refractivity contribution in [2.45, 2.75) is 43.4 Å². The summed E-state index contributed by atoms with van der Waals surface area (Å²) < 4.78 is 5.51. The van der Waals surface area contributed by atoms with E-state index in [0.29, 0.717) is 23.8 Å². The smallest absolute Gasteiger partial charge is 0.312 e. The maximum absolute atomic E-state index is 13.0. The molecule has 0 radical (unpaired) electrons. The van der Waals surface area contributed by atoms with Gasteiger partial charge >= 0.3 is 5.97 Å². The van der Waals surface area contributed by atoms with Gasteiger partial charge in [0.25, 0.3) is 0 Å². The second-order valence-electron chi connectivity index (χ2n) is 9.00. The molecule has 2 N–H and O–H groups in total. The number of fused-ring (bicyclic) bond motifs is 1. The summed E-state index contributed by atoms with van der Waals surface area (Å²) in [7, 11) is 0. The Labute approximate surface area is 173 Å². The second-order valence-corrected chi connectivity index (χ2v) is 9.81. The van der Waals surface area contributed by atoms with Crippen LogP contribution in [-0.2, 0) is 9.53 Å². The number of hydrogen-bond donors (Lipinski definition) is 2. The van der Waals surface area contributed by atoms with Crippen molar-refractivity contribution < 1.29 is 14.6 Å². The molecule has 0 unspecified atom stereocenters. The molecule has 29 heavy (non-hydrogen) atoms. The number of hydrogen-bond acceptors (Lipinski definition) is 5. The van der Waals surface area contributed by atoms with E-state index in [2.05, 4.69) is 9.97 Å². The average molecular weight is 412 g/mol. The summed E-state index contributed by atoms with van der Waals surface area (Å²) in [6.45, 7) is -0.342. The van der Waals surface area contributed by atoms with E-state index in [-0.39, 0.29) is 34.6 Å². The molecule has 0 amide bonds. The molecule has 1 aromatic heterocycles. The van der Waals surface area contributed by atoms with E-state index in [9.17, 15) is 15.2 Å². The van der Waals surface area contributed by atoms with Gasteiger partial charge in [0.15, 0.2) is 11.6 Å². The fourth-order valence-corrected chi connectivity index (χ4v) is 6.77. The first-order valence-corrected chi connectivity index (χ1v) is 10.4. The van der Waals surface area contributed by atoms with Crippen LogP contribution in [0.15, 0.2) is 30.0 Å². The molecule has 6 rings (SSSR count). The maximum atomic E-state index is 13.0. The van der Waals surface area contributed by atoms with Crippen LogP contribution in [-0.4, -0.2) is 32.5 Å². The molecule has 7 heteroatoms. The fraction of sp³-hybridized carbons (Fsp3) is 0.500. The van der Waals surface area contributed by atoms with E-state index in [4.69, 9.17) is 16.3 Å². The maximum Gasteiger partial charge on any atom is 0.312 e. The molecular weight excluding hydrogens is 390 g/mol. The first-order chi connectivity index (χ1) is 13.9. The van der Waals surface area contributed by atoms with Gasteiger partial charge in [0.2, 0.25) is 0 Å². The summed E-state index contributed by atoms with van der Waals surface area (Å²) in [5, 5.41) is 20.0. The van der Waals surface area contributed by atoms with Crippen LogP contribution in [0, 0.1) is 28.6 Å². The Balaban J connectivity index is 1.35. The van der Waals surface area contributed by atoms with Crippen molar-refractivity contribution >= 4 is 34.2 Å². The van der Waals surface area contributed by atoms with Crippen LogP contribution in [0.3, 0.4) is 0 Å². The number of nitriles is 1. The highest BCUT2D eigenvalue weighted by Crippen LogP contribution is 2.64. The molecule has 0 saturated heterocycles. The molecule has 4 aliphatic carbocycles. The van der Waals surface area contributed by atoms with E-state index in [1.165, 1.54) is 0 Å². The minimum absolute atomic E-state index is 0.0201. The van der Waals surface area contributed by atoms with E-state index < -0.39 is 5.41 Å². The Kier molecular flexibility index (Phi) is 4.15. The highest BCUT2D eigenvalue weighted by atomic mass is 35.5. The number of allylic oxidation sites excluding steroid dienone is 1. The number of benzene rings is 1. The number of nitrogens with one attached hydrogen (secondary N) is 1. The van der Waals surface area contributed by atoms with Crippen molar-refractivity contribution in [2.24, 2.45) is 17.3 Å². The Bertz CT molecular complexity index is 1020. The number of esters is 1. The third-order valence-corrected chi connectivity index (χ3v) is 7.23. The van der Waals surface area contributed by atoms with Gasteiger partial charge in [-0.15, -0.1) is 11.6 Å². The molecular formula is C22H22ClN3O3. The van der Waals surface area contributed by atoms with Crippen LogP contribution in [0.2, 0.25) is 0 Å². The van der Waals surface area contributed by atoms with Crippen molar-refractivity contribution in [1.82, 2.24) is 9.97 Å². The topological polar surface area (TPSA) is 99.0 Å². The number of para-hydroxylation sites is 2. The van der Waals surface area contributed by atoms with Gasteiger partial charge in [-0.2, -0.15) is 5.26 Å². The van der Waals surface area contributed by atoms with Gasteiger partial charge < -0.3 is 14.8 Å². The zero-order valence-electron chi connectivity index (χ0n) is 15.9. The lowest BCUT2D eigenvalue weighted by atomic mass is 9.49. The summed E-state index contributed by atoms with van der Waals surface area (Å²) in [5.74, 6) is 0.623. The van der Waals surface area contributed by atoms with Gasteiger partial charge in [-0.3, -0.25) is 4.79 Å². The number of H-pyrrole nitrogens is 1. The molecule has 2 aromatic rings. The molecule has 1 aromatic carbocycles. The van der Waals surface area contributed by atoms with E-state index in [1.54, 1.807) is 0 Å². The van der Waals surface area contributed by atoms with Gasteiger partial charge in [-0.05, 0) is 62.5 Å². The highest BCUT2D eigenvalue weighted by molar-refractivity contribution is 6.24. The molecule has 2 atom stereocenters. The first kappa shape index (κ1) is 18.5. The second kappa shape index (κ2) is 6.50. The predicted octanol–water partition coefficient (Wildman–Crippen LogP) is 4.48. The monoisotopic (exact) mass is 411 g/mol. The van der Waals surface area contributed by atoms with Gasteiger partial charge in [0, 0.05) is 4.87 Å². The molecule has 150 valence electrons. The zero-order chi connectivity index (χ0) is 20.2. The molecule has 4 fully saturated rings. The molecule has 1 heterocycles. The van der Waals surface area contributed by atoms with Crippen molar-refractivity contribution in [3.8, 4) is 6.07 Å². The standard InChI is InChI=1S/C22H22ClN3O3/c23-22-8-13-5-14(9-22)7-21(6-13,12-22)20(28)29-11-18(27)15(10-24)19-25-16-3-1-2-4-17(16)26-19/h1-4,13-14,27H,5-9,11-12H2,(H,25,26)/t13-,14-,21?,22?/m1/s1. The van der Waals surface area contributed by atoms with Gasteiger partial charge in [-0.1, -0.05) is 12.1 Å². The van der Waals surface area contributed by atoms with Crippen molar-refractivity contribution in [1.29, 1.82) is 5.26 Å². The number of aromatic nitrogens is 2. The Morgan fingerprint density at radius 3 is 2.69 bits per heavy atom. The number of halogens is 1. The van der Waals surface area contributed by atoms with Crippen LogP contribution in [0.5, 0.6) is 0 Å². The SMILES string of the molecule is N#CC(=C(O)COC(=O)C12C[C@H]3C[C@@H](CC(Cl)(C3)C1)C2)c1nc2ccccc2[nH]1. The first-order valence-electron chi connectivity index (χ1n) is 10.0. The van der Waals surface area contributed by atoms with Gasteiger partial charge in [0.1, 0.15) is 18.2 Å². The number of carbonyl (C=O) groups excluding carboxylic acids is 1. The zero-order valence-corrected chi connectivity index (χ0v) is 16.7. The number of alkyl halides is 1. The third kappa shape index (κ3) is 3.08. The van der Waals surface area contributed by atoms with Crippen molar-refractivity contribution in [3.05, 3.63) is 35.8 Å².